The van der Waals surface area contributed by atoms with Crippen molar-refractivity contribution in [3.8, 4) is 0 Å². The van der Waals surface area contributed by atoms with E-state index in [9.17, 15) is 19.5 Å². The normalized spacial score (nSPS) is 30.0. The van der Waals surface area contributed by atoms with Crippen molar-refractivity contribution in [2.24, 2.45) is 11.8 Å². The Bertz CT molecular complexity index is 1430. The number of hydrogen-bond acceptors (Lipinski definition) is 7. The number of aliphatic hydroxyl groups excluding tert-OH is 1. The molecule has 39 heavy (non-hydrogen) atoms. The molecule has 6 rings (SSSR count). The van der Waals surface area contributed by atoms with Crippen molar-refractivity contribution < 1.29 is 24.2 Å². The Morgan fingerprint density at radius 1 is 1.13 bits per heavy atom. The molecule has 4 heterocycles. The Morgan fingerprint density at radius 2 is 1.87 bits per heavy atom. The molecule has 1 aromatic heterocycles. The number of rotatable bonds is 8. The van der Waals surface area contributed by atoms with Crippen LogP contribution in [0.1, 0.15) is 33.1 Å². The van der Waals surface area contributed by atoms with Crippen LogP contribution in [-0.2, 0) is 25.8 Å². The van der Waals surface area contributed by atoms with Gasteiger partial charge in [-0.2, -0.15) is 0 Å². The third-order valence-corrected chi connectivity index (χ3v) is 8.75. The van der Waals surface area contributed by atoms with Gasteiger partial charge in [-0.05, 0) is 50.5 Å². The van der Waals surface area contributed by atoms with Crippen LogP contribution >= 0.6 is 0 Å². The molecule has 0 aliphatic carbocycles. The van der Waals surface area contributed by atoms with Crippen LogP contribution in [0.3, 0.4) is 0 Å². The summed E-state index contributed by atoms with van der Waals surface area (Å²) in [5.41, 5.74) is 0.0633. The lowest BCUT2D eigenvalue weighted by Crippen LogP contribution is -2.57. The minimum Gasteiger partial charge on any atom is -0.394 e. The summed E-state index contributed by atoms with van der Waals surface area (Å²) in [7, 11) is 0. The SMILES string of the molecule is CC[C@]12CCC3(O1)C(C(=O)NCn1nnc4ccccc41)N([C@H](C)CO)C(=O)[C@@H]3[C@H]2C(=O)Nc1ccccc1. The van der Waals surface area contributed by atoms with Crippen LogP contribution in [0.4, 0.5) is 5.69 Å². The molecule has 0 saturated carbocycles. The van der Waals surface area contributed by atoms with Crippen LogP contribution < -0.4 is 10.6 Å². The van der Waals surface area contributed by atoms with Crippen molar-refractivity contribution in [2.75, 3.05) is 11.9 Å². The molecule has 3 N–H and O–H groups in total. The predicted octanol–water partition coefficient (Wildman–Crippen LogP) is 1.68. The fourth-order valence-electron chi connectivity index (χ4n) is 6.94. The van der Waals surface area contributed by atoms with Crippen molar-refractivity contribution in [1.82, 2.24) is 25.2 Å². The van der Waals surface area contributed by atoms with Gasteiger partial charge in [0.2, 0.25) is 17.7 Å². The standard InChI is InChI=1S/C28H32N6O5/c1-3-27-13-14-28(39-27)22(21(27)24(36)30-18-9-5-4-6-10-18)26(38)34(17(2)15-35)23(28)25(37)29-16-33-20-12-8-7-11-19(20)31-32-33/h4-12,17,21-23,35H,3,13-16H2,1-2H3,(H,29,37)(H,30,36)/t17-,21+,22+,23?,27-,28?/m1/s1. The highest BCUT2D eigenvalue weighted by Gasteiger charge is 2.78. The summed E-state index contributed by atoms with van der Waals surface area (Å²) in [5.74, 6) is -2.66. The van der Waals surface area contributed by atoms with E-state index in [4.69, 9.17) is 4.74 Å². The molecule has 3 aromatic rings. The number of benzene rings is 2. The Kier molecular flexibility index (Phi) is 6.15. The molecule has 2 bridgehead atoms. The number of hydrogen-bond donors (Lipinski definition) is 3. The minimum atomic E-state index is -1.18. The molecule has 1 spiro atoms. The van der Waals surface area contributed by atoms with Crippen molar-refractivity contribution in [3.63, 3.8) is 0 Å². The van der Waals surface area contributed by atoms with Crippen molar-refractivity contribution in [1.29, 1.82) is 0 Å². The number of carbonyl (C=O) groups is 3. The van der Waals surface area contributed by atoms with Crippen LogP contribution in [0.5, 0.6) is 0 Å². The molecule has 3 amide bonds. The van der Waals surface area contributed by atoms with Gasteiger partial charge in [-0.3, -0.25) is 14.4 Å². The monoisotopic (exact) mass is 532 g/mol. The van der Waals surface area contributed by atoms with Gasteiger partial charge in [-0.1, -0.05) is 42.5 Å². The van der Waals surface area contributed by atoms with Crippen LogP contribution in [0.15, 0.2) is 54.6 Å². The predicted molar refractivity (Wildman–Crippen MR) is 141 cm³/mol. The molecule has 204 valence electrons. The van der Waals surface area contributed by atoms with Gasteiger partial charge in [-0.25, -0.2) is 4.68 Å². The topological polar surface area (TPSA) is 139 Å². The quantitative estimate of drug-likeness (QED) is 0.401. The van der Waals surface area contributed by atoms with E-state index in [1.807, 2.05) is 49.4 Å². The smallest absolute Gasteiger partial charge is 0.247 e. The second-order valence-electron chi connectivity index (χ2n) is 10.7. The van der Waals surface area contributed by atoms with Gasteiger partial charge in [0.05, 0.1) is 35.6 Å². The average Bonchev–Trinajstić information content (AvgIpc) is 3.68. The molecule has 11 nitrogen and oxygen atoms in total. The Hall–Kier alpha value is -3.83. The van der Waals surface area contributed by atoms with E-state index < -0.39 is 41.0 Å². The number of anilines is 1. The van der Waals surface area contributed by atoms with E-state index in [0.717, 1.165) is 5.52 Å². The number of fused-ring (bicyclic) bond motifs is 2. The summed E-state index contributed by atoms with van der Waals surface area (Å²) >= 11 is 0. The van der Waals surface area contributed by atoms with Gasteiger partial charge >= 0.3 is 0 Å². The average molecular weight is 533 g/mol. The third kappa shape index (κ3) is 3.75. The zero-order valence-electron chi connectivity index (χ0n) is 21.9. The first-order chi connectivity index (χ1) is 18.8. The van der Waals surface area contributed by atoms with Crippen LogP contribution in [0.25, 0.3) is 11.0 Å². The van der Waals surface area contributed by atoms with Gasteiger partial charge in [0.25, 0.3) is 0 Å². The van der Waals surface area contributed by atoms with Gasteiger partial charge < -0.3 is 25.4 Å². The van der Waals surface area contributed by atoms with E-state index in [1.54, 1.807) is 23.7 Å². The molecule has 3 saturated heterocycles. The van der Waals surface area contributed by atoms with Crippen LogP contribution in [-0.4, -0.2) is 72.6 Å². The molecular formula is C28H32N6O5. The number of aromatic nitrogens is 3. The number of para-hydroxylation sites is 2. The van der Waals surface area contributed by atoms with Gasteiger partial charge in [-0.15, -0.1) is 5.10 Å². The van der Waals surface area contributed by atoms with E-state index in [-0.39, 0.29) is 25.1 Å². The lowest BCUT2D eigenvalue weighted by molar-refractivity contribution is -0.149. The minimum absolute atomic E-state index is 0.0446. The fraction of sp³-hybridized carbons (Fsp3) is 0.464. The lowest BCUT2D eigenvalue weighted by Gasteiger charge is -2.36. The highest BCUT2D eigenvalue weighted by Crippen LogP contribution is 2.64. The first-order valence-corrected chi connectivity index (χ1v) is 13.4. The second kappa shape index (κ2) is 9.42. The zero-order chi connectivity index (χ0) is 27.4. The summed E-state index contributed by atoms with van der Waals surface area (Å²) < 4.78 is 8.31. The molecule has 6 atom stereocenters. The molecule has 11 heteroatoms. The molecule has 2 unspecified atom stereocenters. The summed E-state index contributed by atoms with van der Waals surface area (Å²) in [4.78, 5) is 43.2. The lowest BCUT2D eigenvalue weighted by atomic mass is 9.65. The fourth-order valence-corrected chi connectivity index (χ4v) is 6.94. The molecule has 2 aromatic carbocycles. The molecule has 3 fully saturated rings. The number of likely N-dealkylation sites (tertiary alicyclic amines) is 1. The first kappa shape index (κ1) is 25.4. The summed E-state index contributed by atoms with van der Waals surface area (Å²) in [6.45, 7) is 3.36. The van der Waals surface area contributed by atoms with E-state index in [1.165, 1.54) is 4.90 Å². The maximum atomic E-state index is 14.1. The highest BCUT2D eigenvalue weighted by molar-refractivity contribution is 6.02. The molecular weight excluding hydrogens is 500 g/mol. The van der Waals surface area contributed by atoms with Gasteiger partial charge in [0.15, 0.2) is 0 Å². The maximum Gasteiger partial charge on any atom is 0.247 e. The van der Waals surface area contributed by atoms with E-state index in [0.29, 0.717) is 30.5 Å². The summed E-state index contributed by atoms with van der Waals surface area (Å²) in [6, 6.07) is 14.9. The second-order valence-corrected chi connectivity index (χ2v) is 10.7. The van der Waals surface area contributed by atoms with E-state index >= 15 is 0 Å². The van der Waals surface area contributed by atoms with Crippen molar-refractivity contribution in [2.45, 2.75) is 63.1 Å². The number of amides is 3. The first-order valence-electron chi connectivity index (χ1n) is 13.4. The van der Waals surface area contributed by atoms with Crippen LogP contribution in [0, 0.1) is 11.8 Å². The van der Waals surface area contributed by atoms with Gasteiger partial charge in [0, 0.05) is 5.69 Å². The Labute approximate surface area is 225 Å². The number of carbonyl (C=O) groups excluding carboxylic acids is 3. The largest absolute Gasteiger partial charge is 0.394 e. The number of nitrogens with one attached hydrogen (secondary N) is 2. The number of aliphatic hydroxyl groups is 1. The molecule has 3 aliphatic heterocycles. The number of ether oxygens (including phenoxy) is 1. The van der Waals surface area contributed by atoms with E-state index in [2.05, 4.69) is 20.9 Å². The van der Waals surface area contributed by atoms with Crippen molar-refractivity contribution in [3.05, 3.63) is 54.6 Å². The molecule has 3 aliphatic rings. The number of nitrogens with zero attached hydrogens (tertiary/aromatic N) is 4. The zero-order valence-corrected chi connectivity index (χ0v) is 21.9. The summed E-state index contributed by atoms with van der Waals surface area (Å²) in [6.07, 6.45) is 1.55. The Balaban J connectivity index is 1.33. The van der Waals surface area contributed by atoms with Gasteiger partial charge in [0.1, 0.15) is 23.8 Å². The maximum absolute atomic E-state index is 14.1. The highest BCUT2D eigenvalue weighted by atomic mass is 16.5. The summed E-state index contributed by atoms with van der Waals surface area (Å²) in [5, 5.41) is 24.2. The van der Waals surface area contributed by atoms with Crippen molar-refractivity contribution >= 4 is 34.4 Å². The third-order valence-electron chi connectivity index (χ3n) is 8.75. The van der Waals surface area contributed by atoms with Crippen LogP contribution in [0.2, 0.25) is 0 Å². The molecule has 0 radical (unpaired) electrons. The Morgan fingerprint density at radius 3 is 2.62 bits per heavy atom.